The first-order valence-electron chi connectivity index (χ1n) is 7.97. The summed E-state index contributed by atoms with van der Waals surface area (Å²) in [6.45, 7) is 1.99. The number of carbonyl (C=O) groups excluding carboxylic acids is 1. The molecule has 0 bridgehead atoms. The molecule has 1 aromatic heterocycles. The van der Waals surface area contributed by atoms with E-state index >= 15 is 0 Å². The summed E-state index contributed by atoms with van der Waals surface area (Å²) < 4.78 is 7.14. The Kier molecular flexibility index (Phi) is 4.92. The van der Waals surface area contributed by atoms with Crippen molar-refractivity contribution in [3.63, 3.8) is 0 Å². The topological polar surface area (TPSA) is 68.2 Å². The van der Waals surface area contributed by atoms with Crippen molar-refractivity contribution in [2.45, 2.75) is 25.8 Å². The van der Waals surface area contributed by atoms with Crippen molar-refractivity contribution in [3.8, 4) is 11.3 Å². The predicted molar refractivity (Wildman–Crippen MR) is 89.5 cm³/mol. The number of nitrogens with zero attached hydrogens (tertiary/aromatic N) is 2. The van der Waals surface area contributed by atoms with Gasteiger partial charge in [0.2, 0.25) is 0 Å². The third-order valence-electron chi connectivity index (χ3n) is 3.95. The van der Waals surface area contributed by atoms with Gasteiger partial charge >= 0.3 is 6.03 Å². The third-order valence-corrected chi connectivity index (χ3v) is 3.95. The molecule has 0 saturated carbocycles. The maximum absolute atomic E-state index is 12.0. The molecule has 2 aromatic rings. The number of fused-ring (bicyclic) bond motifs is 1. The lowest BCUT2D eigenvalue weighted by atomic mass is 10.1. The number of carbonyl (C=O) groups is 1. The van der Waals surface area contributed by atoms with Crippen LogP contribution in [0.4, 0.5) is 10.5 Å². The number of hydrogen-bond donors (Lipinski definition) is 2. The van der Waals surface area contributed by atoms with E-state index < -0.39 is 0 Å². The van der Waals surface area contributed by atoms with Gasteiger partial charge in [-0.3, -0.25) is 0 Å². The molecule has 0 radical (unpaired) electrons. The zero-order valence-corrected chi connectivity index (χ0v) is 13.3. The van der Waals surface area contributed by atoms with Crippen LogP contribution in [0, 0.1) is 0 Å². The normalized spacial score (nSPS) is 13.4. The third kappa shape index (κ3) is 3.71. The van der Waals surface area contributed by atoms with Crippen LogP contribution >= 0.6 is 0 Å². The van der Waals surface area contributed by atoms with E-state index in [1.807, 2.05) is 24.3 Å². The average molecular weight is 314 g/mol. The van der Waals surface area contributed by atoms with Crippen LogP contribution in [-0.2, 0) is 17.7 Å². The molecule has 2 heterocycles. The van der Waals surface area contributed by atoms with Crippen molar-refractivity contribution in [1.29, 1.82) is 0 Å². The minimum Gasteiger partial charge on any atom is -0.383 e. The monoisotopic (exact) mass is 314 g/mol. The first-order valence-corrected chi connectivity index (χ1v) is 7.97. The number of rotatable bonds is 5. The molecule has 0 fully saturated rings. The molecule has 1 aliphatic rings. The van der Waals surface area contributed by atoms with E-state index in [4.69, 9.17) is 9.72 Å². The lowest BCUT2D eigenvalue weighted by Gasteiger charge is -2.11. The van der Waals surface area contributed by atoms with E-state index in [1.54, 1.807) is 7.11 Å². The van der Waals surface area contributed by atoms with Crippen LogP contribution in [0.25, 0.3) is 11.3 Å². The van der Waals surface area contributed by atoms with E-state index in [9.17, 15) is 4.79 Å². The van der Waals surface area contributed by atoms with Crippen LogP contribution in [0.3, 0.4) is 0 Å². The van der Waals surface area contributed by atoms with Gasteiger partial charge in [-0.05, 0) is 18.9 Å². The minimum absolute atomic E-state index is 0.238. The van der Waals surface area contributed by atoms with Crippen LogP contribution < -0.4 is 10.6 Å². The maximum Gasteiger partial charge on any atom is 0.319 e. The predicted octanol–water partition coefficient (Wildman–Crippen LogP) is 2.65. The number of amides is 2. The number of imidazole rings is 1. The molecule has 0 unspecified atom stereocenters. The van der Waals surface area contributed by atoms with Gasteiger partial charge in [-0.1, -0.05) is 18.2 Å². The number of nitrogens with one attached hydrogen (secondary N) is 2. The minimum atomic E-state index is -0.238. The zero-order chi connectivity index (χ0) is 16.1. The molecular weight excluding hydrogens is 292 g/mol. The highest BCUT2D eigenvalue weighted by molar-refractivity contribution is 5.93. The smallest absolute Gasteiger partial charge is 0.319 e. The molecule has 23 heavy (non-hydrogen) atoms. The molecule has 2 N–H and O–H groups in total. The van der Waals surface area contributed by atoms with Gasteiger partial charge < -0.3 is 19.9 Å². The van der Waals surface area contributed by atoms with Crippen molar-refractivity contribution in [3.05, 3.63) is 36.3 Å². The molecule has 0 saturated heterocycles. The second kappa shape index (κ2) is 7.28. The van der Waals surface area contributed by atoms with Gasteiger partial charge in [0.05, 0.1) is 18.0 Å². The highest BCUT2D eigenvalue weighted by Crippen LogP contribution is 2.28. The summed E-state index contributed by atoms with van der Waals surface area (Å²) in [5.41, 5.74) is 2.61. The Morgan fingerprint density at radius 3 is 3.04 bits per heavy atom. The highest BCUT2D eigenvalue weighted by atomic mass is 16.5. The van der Waals surface area contributed by atoms with Crippen molar-refractivity contribution in [1.82, 2.24) is 14.9 Å². The number of hydrogen-bond acceptors (Lipinski definition) is 3. The molecule has 122 valence electrons. The summed E-state index contributed by atoms with van der Waals surface area (Å²) in [7, 11) is 1.61. The van der Waals surface area contributed by atoms with Gasteiger partial charge in [0.1, 0.15) is 5.82 Å². The van der Waals surface area contributed by atoms with E-state index in [0.717, 1.165) is 35.7 Å². The molecule has 0 atom stereocenters. The Bertz CT molecular complexity index is 657. The summed E-state index contributed by atoms with van der Waals surface area (Å²) in [5, 5.41) is 5.65. The van der Waals surface area contributed by atoms with Crippen LogP contribution in [-0.4, -0.2) is 35.8 Å². The Labute approximate surface area is 135 Å². The standard InChI is InChI=1S/C17H22N4O2/c1-23-11-9-18-17(22)20-14-7-3-2-6-13(14)15-12-21-10-5-4-8-16(21)19-15/h2-3,6-7,12H,4-5,8-11H2,1H3,(H2,18,20,22). The van der Waals surface area contributed by atoms with Crippen LogP contribution in [0.5, 0.6) is 0 Å². The van der Waals surface area contributed by atoms with Crippen molar-refractivity contribution < 1.29 is 9.53 Å². The van der Waals surface area contributed by atoms with Gasteiger partial charge in [0.15, 0.2) is 0 Å². The van der Waals surface area contributed by atoms with Crippen molar-refractivity contribution in [2.75, 3.05) is 25.6 Å². The van der Waals surface area contributed by atoms with Gasteiger partial charge in [-0.15, -0.1) is 0 Å². The number of benzene rings is 1. The summed E-state index contributed by atoms with van der Waals surface area (Å²) in [5.74, 6) is 1.13. The van der Waals surface area contributed by atoms with E-state index in [1.165, 1.54) is 12.8 Å². The van der Waals surface area contributed by atoms with E-state index in [0.29, 0.717) is 13.2 Å². The van der Waals surface area contributed by atoms with Crippen molar-refractivity contribution in [2.24, 2.45) is 0 Å². The number of methoxy groups -OCH3 is 1. The first-order chi connectivity index (χ1) is 11.3. The number of ether oxygens (including phenoxy) is 1. The molecule has 1 aromatic carbocycles. The fourth-order valence-corrected chi connectivity index (χ4v) is 2.79. The molecule has 6 heteroatoms. The summed E-state index contributed by atoms with van der Waals surface area (Å²) in [6, 6.07) is 7.51. The summed E-state index contributed by atoms with van der Waals surface area (Å²) in [6.07, 6.45) is 5.49. The number of anilines is 1. The molecule has 6 nitrogen and oxygen atoms in total. The SMILES string of the molecule is COCCNC(=O)Nc1ccccc1-c1cn2c(n1)CCCC2. The Hall–Kier alpha value is -2.34. The summed E-state index contributed by atoms with van der Waals surface area (Å²) in [4.78, 5) is 16.7. The fourth-order valence-electron chi connectivity index (χ4n) is 2.79. The molecule has 0 spiro atoms. The van der Waals surface area contributed by atoms with Crippen LogP contribution in [0.15, 0.2) is 30.5 Å². The largest absolute Gasteiger partial charge is 0.383 e. The number of urea groups is 1. The molecular formula is C17H22N4O2. The van der Waals surface area contributed by atoms with Crippen molar-refractivity contribution >= 4 is 11.7 Å². The van der Waals surface area contributed by atoms with Crippen LogP contribution in [0.1, 0.15) is 18.7 Å². The fraction of sp³-hybridized carbons (Fsp3) is 0.412. The molecule has 3 rings (SSSR count). The highest BCUT2D eigenvalue weighted by Gasteiger charge is 2.15. The Morgan fingerprint density at radius 2 is 2.22 bits per heavy atom. The first kappa shape index (κ1) is 15.6. The quantitative estimate of drug-likeness (QED) is 0.834. The van der Waals surface area contributed by atoms with E-state index in [-0.39, 0.29) is 6.03 Å². The average Bonchev–Trinajstić information content (AvgIpc) is 2.99. The summed E-state index contributed by atoms with van der Waals surface area (Å²) >= 11 is 0. The lowest BCUT2D eigenvalue weighted by molar-refractivity contribution is 0.198. The Balaban J connectivity index is 1.78. The number of para-hydroxylation sites is 1. The van der Waals surface area contributed by atoms with Gasteiger partial charge in [0.25, 0.3) is 0 Å². The molecule has 1 aliphatic heterocycles. The van der Waals surface area contributed by atoms with Gasteiger partial charge in [-0.25, -0.2) is 9.78 Å². The second-order valence-electron chi connectivity index (χ2n) is 5.61. The Morgan fingerprint density at radius 1 is 1.35 bits per heavy atom. The second-order valence-corrected chi connectivity index (χ2v) is 5.61. The van der Waals surface area contributed by atoms with Crippen LogP contribution in [0.2, 0.25) is 0 Å². The molecule has 0 aliphatic carbocycles. The van der Waals surface area contributed by atoms with Gasteiger partial charge in [0, 0.05) is 38.4 Å². The lowest BCUT2D eigenvalue weighted by Crippen LogP contribution is -2.31. The maximum atomic E-state index is 12.0. The molecule has 2 amide bonds. The van der Waals surface area contributed by atoms with E-state index in [2.05, 4.69) is 21.4 Å². The van der Waals surface area contributed by atoms with Gasteiger partial charge in [-0.2, -0.15) is 0 Å². The zero-order valence-electron chi connectivity index (χ0n) is 13.3. The number of aromatic nitrogens is 2. The number of aryl methyl sites for hydroxylation is 2.